The van der Waals surface area contributed by atoms with Crippen molar-refractivity contribution < 1.29 is 81.9 Å². The van der Waals surface area contributed by atoms with Gasteiger partial charge < -0.3 is 56.5 Å². The Balaban J connectivity index is 1.86. The number of hydrogen-bond acceptors (Lipinski definition) is 12. The average Bonchev–Trinajstić information content (AvgIpc) is 3.87. The number of aliphatic hydroxyl groups is 1. The highest BCUT2D eigenvalue weighted by Gasteiger charge is 2.44. The molecule has 4 rings (SSSR count). The maximum absolute atomic E-state index is 15.4. The molecule has 0 bridgehead atoms. The highest BCUT2D eigenvalue weighted by molar-refractivity contribution is 6.14. The molecule has 74 heavy (non-hydrogen) atoms. The van der Waals surface area contributed by atoms with Crippen LogP contribution in [0.4, 0.5) is 8.78 Å². The molecule has 0 saturated carbocycles. The number of carboxylic acids is 3. The van der Waals surface area contributed by atoms with Gasteiger partial charge in [-0.15, -0.1) is 0 Å². The number of carbonyl (C=O) groups excluding carboxylic acids is 8. The number of carboxylic acid groups (broad SMARTS) is 3. The molecule has 5 atom stereocenters. The Morgan fingerprint density at radius 1 is 0.811 bits per heavy atom. The number of hydrogen-bond donors (Lipinski definition) is 8. The van der Waals surface area contributed by atoms with Gasteiger partial charge in [0.05, 0.1) is 12.5 Å². The molecule has 1 aromatic heterocycles. The van der Waals surface area contributed by atoms with E-state index in [0.29, 0.717) is 15.5 Å². The maximum Gasteiger partial charge on any atom is 0.326 e. The third-order valence-electron chi connectivity index (χ3n) is 11.7. The first kappa shape index (κ1) is 58.2. The third-order valence-corrected chi connectivity index (χ3v) is 11.7. The van der Waals surface area contributed by atoms with Gasteiger partial charge in [0.2, 0.25) is 35.4 Å². The van der Waals surface area contributed by atoms with Crippen molar-refractivity contribution in [2.45, 2.75) is 96.6 Å². The van der Waals surface area contributed by atoms with E-state index in [1.807, 2.05) is 0 Å². The highest BCUT2D eigenvalue weighted by Crippen LogP contribution is 2.41. The van der Waals surface area contributed by atoms with Gasteiger partial charge in [0, 0.05) is 67.6 Å². The number of halogens is 2. The van der Waals surface area contributed by atoms with Crippen molar-refractivity contribution in [3.63, 3.8) is 0 Å². The van der Waals surface area contributed by atoms with E-state index >= 15 is 4.39 Å². The second-order valence-electron chi connectivity index (χ2n) is 18.3. The van der Waals surface area contributed by atoms with Crippen LogP contribution in [-0.2, 0) is 59.3 Å². The number of benzene rings is 2. The molecule has 0 spiro atoms. The Morgan fingerprint density at radius 3 is 2.03 bits per heavy atom. The fourth-order valence-electron chi connectivity index (χ4n) is 8.29. The molecule has 1 aliphatic heterocycles. The zero-order valence-corrected chi connectivity index (χ0v) is 40.8. The highest BCUT2D eigenvalue weighted by atomic mass is 19.1. The Hall–Kier alpha value is -8.35. The third kappa shape index (κ3) is 15.8. The fraction of sp³-hybridized carbons (Fsp3) is 0.408. The molecule has 0 saturated heterocycles. The molecule has 0 aliphatic carbocycles. The summed E-state index contributed by atoms with van der Waals surface area (Å²) in [6.07, 6.45) is -0.373. The number of aliphatic hydroxyl groups excluding tert-OH is 1. The number of amides is 8. The molecule has 5 unspecified atom stereocenters. The standard InChI is InChI=1S/C49H58F2N8O15/c1-27(54-39(63)25-58-40(64)13-14-41(58)65)46(70)59(36(48(73)74)22-37(52)61)34(45(69)53-18-16-38(62)55-33(47(71)72)12-15-43(67)68)17-19-57(42(66)26-60)44(49(2,3)4)35-20-29(31-21-30(50)10-11-32(31)51)24-56(35)23-28-8-6-5-7-9-28/h5-11,13-14,20-21,24,27,33-34,36,44,60H,12,15-19,22-23,25-26H2,1-4H3,(H2,52,61)(H,53,69)(H,54,63)(H,55,62)(H,67,68)(H,71,72)(H,73,74). The molecule has 2 heterocycles. The molecule has 0 fully saturated rings. The van der Waals surface area contributed by atoms with Gasteiger partial charge in [-0.2, -0.15) is 0 Å². The minimum absolute atomic E-state index is 0.0993. The summed E-state index contributed by atoms with van der Waals surface area (Å²) in [4.78, 5) is 144. The van der Waals surface area contributed by atoms with Gasteiger partial charge in [0.15, 0.2) is 0 Å². The molecule has 9 N–H and O–H groups in total. The van der Waals surface area contributed by atoms with Gasteiger partial charge in [-0.25, -0.2) is 18.4 Å². The number of imide groups is 1. The number of primary amides is 1. The van der Waals surface area contributed by atoms with Crippen LogP contribution in [0.2, 0.25) is 0 Å². The van der Waals surface area contributed by atoms with Gasteiger partial charge in [0.25, 0.3) is 11.8 Å². The number of nitrogens with one attached hydrogen (secondary N) is 3. The van der Waals surface area contributed by atoms with Crippen molar-refractivity contribution in [1.82, 2.24) is 35.2 Å². The summed E-state index contributed by atoms with van der Waals surface area (Å²) in [6.45, 7) is 2.94. The van der Waals surface area contributed by atoms with Crippen LogP contribution in [0.25, 0.3) is 11.1 Å². The van der Waals surface area contributed by atoms with E-state index in [4.69, 9.17) is 10.8 Å². The number of nitrogens with two attached hydrogens (primary N) is 1. The minimum atomic E-state index is -2.29. The number of aromatic nitrogens is 1. The van der Waals surface area contributed by atoms with Crippen LogP contribution in [0.15, 0.2) is 72.9 Å². The molecule has 398 valence electrons. The topological polar surface area (TPSA) is 345 Å². The Morgan fingerprint density at radius 2 is 1.46 bits per heavy atom. The maximum atomic E-state index is 15.4. The zero-order valence-electron chi connectivity index (χ0n) is 40.8. The quantitative estimate of drug-likeness (QED) is 0.0487. The van der Waals surface area contributed by atoms with Crippen molar-refractivity contribution in [3.8, 4) is 11.1 Å². The summed E-state index contributed by atoms with van der Waals surface area (Å²) in [7, 11) is 0. The lowest BCUT2D eigenvalue weighted by Gasteiger charge is -2.42. The van der Waals surface area contributed by atoms with E-state index in [2.05, 4.69) is 16.0 Å². The lowest BCUT2D eigenvalue weighted by atomic mass is 9.82. The lowest BCUT2D eigenvalue weighted by molar-refractivity contribution is -0.158. The van der Waals surface area contributed by atoms with Crippen LogP contribution in [0.5, 0.6) is 0 Å². The predicted molar refractivity (Wildman–Crippen MR) is 254 cm³/mol. The van der Waals surface area contributed by atoms with Gasteiger partial charge in [0.1, 0.15) is 49.0 Å². The Labute approximate surface area is 422 Å². The van der Waals surface area contributed by atoms with Crippen LogP contribution < -0.4 is 21.7 Å². The number of rotatable bonds is 27. The van der Waals surface area contributed by atoms with Crippen LogP contribution >= 0.6 is 0 Å². The molecule has 0 radical (unpaired) electrons. The van der Waals surface area contributed by atoms with E-state index in [-0.39, 0.29) is 17.7 Å². The summed E-state index contributed by atoms with van der Waals surface area (Å²) >= 11 is 0. The number of aliphatic carboxylic acids is 3. The Kier molecular flexibility index (Phi) is 20.3. The first-order chi connectivity index (χ1) is 34.7. The fourth-order valence-corrected chi connectivity index (χ4v) is 8.29. The van der Waals surface area contributed by atoms with Gasteiger partial charge in [-0.1, -0.05) is 51.1 Å². The summed E-state index contributed by atoms with van der Waals surface area (Å²) < 4.78 is 31.7. The summed E-state index contributed by atoms with van der Waals surface area (Å²) in [5, 5.41) is 46.4. The van der Waals surface area contributed by atoms with Crippen molar-refractivity contribution in [3.05, 3.63) is 95.8 Å². The first-order valence-electron chi connectivity index (χ1n) is 23.0. The normalized spacial score (nSPS) is 14.3. The number of carbonyl (C=O) groups is 11. The van der Waals surface area contributed by atoms with E-state index in [1.54, 1.807) is 55.7 Å². The van der Waals surface area contributed by atoms with Crippen molar-refractivity contribution in [1.29, 1.82) is 0 Å². The van der Waals surface area contributed by atoms with E-state index in [0.717, 1.165) is 47.7 Å². The van der Waals surface area contributed by atoms with E-state index < -0.39 is 171 Å². The molecule has 3 aromatic rings. The summed E-state index contributed by atoms with van der Waals surface area (Å²) in [5.41, 5.74) is 5.47. The molecule has 1 aliphatic rings. The van der Waals surface area contributed by atoms with Gasteiger partial charge in [-0.05, 0) is 55.0 Å². The molecule has 8 amide bonds. The summed E-state index contributed by atoms with van der Waals surface area (Å²) in [5.74, 6) is -15.0. The molecule has 23 nitrogen and oxygen atoms in total. The van der Waals surface area contributed by atoms with E-state index in [9.17, 15) is 72.4 Å². The summed E-state index contributed by atoms with van der Waals surface area (Å²) in [6, 6.07) is 4.24. The second kappa shape index (κ2) is 25.9. The van der Waals surface area contributed by atoms with Crippen LogP contribution in [0.3, 0.4) is 0 Å². The molecular weight excluding hydrogens is 979 g/mol. The van der Waals surface area contributed by atoms with Gasteiger partial charge in [-0.3, -0.25) is 48.1 Å². The first-order valence-corrected chi connectivity index (χ1v) is 23.0. The smallest absolute Gasteiger partial charge is 0.326 e. The van der Waals surface area contributed by atoms with Crippen LogP contribution in [-0.4, -0.2) is 155 Å². The van der Waals surface area contributed by atoms with Crippen LogP contribution in [0, 0.1) is 17.0 Å². The predicted octanol–water partition coefficient (Wildman–Crippen LogP) is 0.676. The van der Waals surface area contributed by atoms with Gasteiger partial charge >= 0.3 is 17.9 Å². The monoisotopic (exact) mass is 1040 g/mol. The van der Waals surface area contributed by atoms with E-state index in [1.165, 1.54) is 12.3 Å². The molecule has 2 aromatic carbocycles. The largest absolute Gasteiger partial charge is 0.481 e. The van der Waals surface area contributed by atoms with Crippen molar-refractivity contribution in [2.75, 3.05) is 26.2 Å². The molecule has 25 heteroatoms. The Bertz CT molecular complexity index is 2650. The molecular formula is C49H58F2N8O15. The van der Waals surface area contributed by atoms with Crippen molar-refractivity contribution >= 4 is 65.2 Å². The average molecular weight is 1040 g/mol. The zero-order chi connectivity index (χ0) is 55.2. The number of nitrogens with zero attached hydrogens (tertiary/aromatic N) is 4. The SMILES string of the molecule is CC(NC(=O)CN1C(=O)C=CC1=O)C(=O)N(C(CC(N)=O)C(=O)O)C(CCN(C(=O)CO)C(c1cc(-c2cc(F)ccc2F)cn1Cc1ccccc1)C(C)(C)C)C(=O)NCCC(=O)NC(CCC(=O)O)C(=O)O. The second-order valence-corrected chi connectivity index (χ2v) is 18.3. The lowest BCUT2D eigenvalue weighted by Crippen LogP contribution is -2.62. The van der Waals surface area contributed by atoms with Crippen molar-refractivity contribution in [2.24, 2.45) is 11.1 Å². The minimum Gasteiger partial charge on any atom is -0.481 e. The van der Waals surface area contributed by atoms with Crippen LogP contribution in [0.1, 0.15) is 77.1 Å².